The Balaban J connectivity index is 2.09. The highest BCUT2D eigenvalue weighted by molar-refractivity contribution is 5.88. The average molecular weight is 206 g/mol. The van der Waals surface area contributed by atoms with Crippen molar-refractivity contribution in [3.05, 3.63) is 29.6 Å². The number of aromatic carboxylic acids is 1. The molecular formula is C11H14N2O2. The van der Waals surface area contributed by atoms with Crippen molar-refractivity contribution in [3.8, 4) is 0 Å². The summed E-state index contributed by atoms with van der Waals surface area (Å²) in [4.78, 5) is 10.8. The molecule has 0 aliphatic heterocycles. The van der Waals surface area contributed by atoms with Crippen LogP contribution in [-0.4, -0.2) is 20.9 Å². The van der Waals surface area contributed by atoms with Gasteiger partial charge in [-0.15, -0.1) is 0 Å². The number of allylic oxidation sites excluding steroid dienone is 2. The van der Waals surface area contributed by atoms with Gasteiger partial charge >= 0.3 is 5.97 Å². The van der Waals surface area contributed by atoms with E-state index in [1.165, 1.54) is 0 Å². The van der Waals surface area contributed by atoms with Crippen molar-refractivity contribution in [1.82, 2.24) is 9.78 Å². The lowest BCUT2D eigenvalue weighted by molar-refractivity contribution is 0.0696. The van der Waals surface area contributed by atoms with Gasteiger partial charge in [-0.3, -0.25) is 4.68 Å². The number of aromatic nitrogens is 2. The van der Waals surface area contributed by atoms with Crippen molar-refractivity contribution in [2.45, 2.75) is 26.3 Å². The molecule has 1 aromatic heterocycles. The molecule has 0 radical (unpaired) electrons. The first-order chi connectivity index (χ1) is 7.16. The minimum atomic E-state index is -0.900. The summed E-state index contributed by atoms with van der Waals surface area (Å²) in [5, 5.41) is 13.1. The van der Waals surface area contributed by atoms with Gasteiger partial charge in [0.25, 0.3) is 0 Å². The molecule has 1 aromatic rings. The zero-order valence-electron chi connectivity index (χ0n) is 8.68. The lowest BCUT2D eigenvalue weighted by Crippen LogP contribution is -2.08. The molecule has 0 unspecified atom stereocenters. The number of hydrogen-bond acceptors (Lipinski definition) is 2. The molecule has 1 aliphatic rings. The first-order valence-corrected chi connectivity index (χ1v) is 5.09. The molecule has 0 amide bonds. The monoisotopic (exact) mass is 206 g/mol. The Labute approximate surface area is 88.2 Å². The number of nitrogens with zero attached hydrogens (tertiary/aromatic N) is 2. The van der Waals surface area contributed by atoms with Crippen molar-refractivity contribution >= 4 is 5.97 Å². The van der Waals surface area contributed by atoms with Crippen LogP contribution in [0.1, 0.15) is 28.9 Å². The van der Waals surface area contributed by atoms with Crippen molar-refractivity contribution in [2.24, 2.45) is 5.92 Å². The predicted octanol–water partition coefficient (Wildman–Crippen LogP) is 1.86. The topological polar surface area (TPSA) is 55.1 Å². The molecule has 4 heteroatoms. The number of rotatable bonds is 3. The van der Waals surface area contributed by atoms with Crippen molar-refractivity contribution in [3.63, 3.8) is 0 Å². The first kappa shape index (κ1) is 9.96. The maximum absolute atomic E-state index is 10.8. The van der Waals surface area contributed by atoms with Crippen LogP contribution in [0.15, 0.2) is 18.3 Å². The third-order valence-corrected chi connectivity index (χ3v) is 2.73. The fourth-order valence-electron chi connectivity index (χ4n) is 1.91. The van der Waals surface area contributed by atoms with Gasteiger partial charge in [-0.1, -0.05) is 12.2 Å². The summed E-state index contributed by atoms with van der Waals surface area (Å²) in [6, 6.07) is 0. The highest BCUT2D eigenvalue weighted by atomic mass is 16.4. The van der Waals surface area contributed by atoms with Crippen LogP contribution in [0.2, 0.25) is 0 Å². The number of aryl methyl sites for hydroxylation is 1. The van der Waals surface area contributed by atoms with Crippen LogP contribution in [0.4, 0.5) is 0 Å². The standard InChI is InChI=1S/C11H14N2O2/c1-8-10(11(14)15)7-13(12-8)6-9-4-2-3-5-9/h2-3,7,9H,4-6H2,1H3,(H,14,15). The summed E-state index contributed by atoms with van der Waals surface area (Å²) in [5.74, 6) is -0.325. The molecule has 1 heterocycles. The number of hydrogen-bond donors (Lipinski definition) is 1. The fourth-order valence-corrected chi connectivity index (χ4v) is 1.91. The van der Waals surface area contributed by atoms with Gasteiger partial charge in [-0.2, -0.15) is 5.10 Å². The molecular weight excluding hydrogens is 192 g/mol. The minimum absolute atomic E-state index is 0.306. The van der Waals surface area contributed by atoms with E-state index in [0.29, 0.717) is 17.2 Å². The van der Waals surface area contributed by atoms with E-state index in [4.69, 9.17) is 5.11 Å². The second kappa shape index (κ2) is 3.88. The van der Waals surface area contributed by atoms with Gasteiger partial charge in [0.15, 0.2) is 0 Å². The maximum Gasteiger partial charge on any atom is 0.339 e. The third-order valence-electron chi connectivity index (χ3n) is 2.73. The van der Waals surface area contributed by atoms with Gasteiger partial charge in [-0.05, 0) is 25.7 Å². The number of carbonyl (C=O) groups is 1. The molecule has 1 aliphatic carbocycles. The Morgan fingerprint density at radius 1 is 1.60 bits per heavy atom. The molecule has 15 heavy (non-hydrogen) atoms. The van der Waals surface area contributed by atoms with Gasteiger partial charge < -0.3 is 5.11 Å². The SMILES string of the molecule is Cc1nn(CC2CC=CC2)cc1C(=O)O. The number of carboxylic acid groups (broad SMARTS) is 1. The summed E-state index contributed by atoms with van der Waals surface area (Å²) >= 11 is 0. The minimum Gasteiger partial charge on any atom is -0.478 e. The lowest BCUT2D eigenvalue weighted by Gasteiger charge is -2.08. The van der Waals surface area contributed by atoms with E-state index in [2.05, 4.69) is 17.3 Å². The lowest BCUT2D eigenvalue weighted by atomic mass is 10.1. The molecule has 0 fully saturated rings. The second-order valence-corrected chi connectivity index (χ2v) is 3.96. The quantitative estimate of drug-likeness (QED) is 0.768. The van der Waals surface area contributed by atoms with Crippen molar-refractivity contribution in [2.75, 3.05) is 0 Å². The van der Waals surface area contributed by atoms with E-state index in [1.807, 2.05) is 0 Å². The summed E-state index contributed by atoms with van der Waals surface area (Å²) < 4.78 is 1.75. The van der Waals surface area contributed by atoms with Crippen LogP contribution in [0.3, 0.4) is 0 Å². The summed E-state index contributed by atoms with van der Waals surface area (Å²) in [6.07, 6.45) is 8.09. The van der Waals surface area contributed by atoms with Crippen LogP contribution in [0.25, 0.3) is 0 Å². The predicted molar refractivity (Wildman–Crippen MR) is 55.8 cm³/mol. The van der Waals surface area contributed by atoms with Gasteiger partial charge in [0.1, 0.15) is 5.56 Å². The van der Waals surface area contributed by atoms with Crippen LogP contribution >= 0.6 is 0 Å². The number of carboxylic acids is 1. The molecule has 0 saturated heterocycles. The summed E-state index contributed by atoms with van der Waals surface area (Å²) in [6.45, 7) is 2.54. The van der Waals surface area contributed by atoms with Crippen molar-refractivity contribution < 1.29 is 9.90 Å². The summed E-state index contributed by atoms with van der Waals surface area (Å²) in [5.41, 5.74) is 0.898. The molecule has 2 rings (SSSR count). The molecule has 1 N–H and O–H groups in total. The van der Waals surface area contributed by atoms with Crippen LogP contribution in [-0.2, 0) is 6.54 Å². The average Bonchev–Trinajstić information content (AvgIpc) is 2.75. The Hall–Kier alpha value is -1.58. The Kier molecular flexibility index (Phi) is 2.58. The van der Waals surface area contributed by atoms with E-state index in [1.54, 1.807) is 17.8 Å². The Morgan fingerprint density at radius 3 is 2.80 bits per heavy atom. The molecule has 0 aromatic carbocycles. The molecule has 0 spiro atoms. The third kappa shape index (κ3) is 2.09. The van der Waals surface area contributed by atoms with E-state index in [9.17, 15) is 4.79 Å². The zero-order chi connectivity index (χ0) is 10.8. The van der Waals surface area contributed by atoms with Crippen LogP contribution < -0.4 is 0 Å². The Morgan fingerprint density at radius 2 is 2.27 bits per heavy atom. The van der Waals surface area contributed by atoms with Gasteiger partial charge in [0.2, 0.25) is 0 Å². The Bertz CT molecular complexity index is 399. The molecule has 80 valence electrons. The van der Waals surface area contributed by atoms with E-state index >= 15 is 0 Å². The second-order valence-electron chi connectivity index (χ2n) is 3.96. The molecule has 0 bridgehead atoms. The van der Waals surface area contributed by atoms with E-state index in [0.717, 1.165) is 19.4 Å². The van der Waals surface area contributed by atoms with Crippen molar-refractivity contribution in [1.29, 1.82) is 0 Å². The van der Waals surface area contributed by atoms with Crippen LogP contribution in [0, 0.1) is 12.8 Å². The van der Waals surface area contributed by atoms with E-state index < -0.39 is 5.97 Å². The largest absolute Gasteiger partial charge is 0.478 e. The first-order valence-electron chi connectivity index (χ1n) is 5.09. The summed E-state index contributed by atoms with van der Waals surface area (Å²) in [7, 11) is 0. The smallest absolute Gasteiger partial charge is 0.339 e. The maximum atomic E-state index is 10.8. The normalized spacial score (nSPS) is 16.1. The van der Waals surface area contributed by atoms with Gasteiger partial charge in [0.05, 0.1) is 5.69 Å². The van der Waals surface area contributed by atoms with Crippen LogP contribution in [0.5, 0.6) is 0 Å². The molecule has 4 nitrogen and oxygen atoms in total. The molecule has 0 saturated carbocycles. The van der Waals surface area contributed by atoms with Gasteiger partial charge in [0, 0.05) is 12.7 Å². The highest BCUT2D eigenvalue weighted by Gasteiger charge is 2.15. The zero-order valence-corrected chi connectivity index (χ0v) is 8.68. The molecule has 0 atom stereocenters. The highest BCUT2D eigenvalue weighted by Crippen LogP contribution is 2.20. The van der Waals surface area contributed by atoms with Gasteiger partial charge in [-0.25, -0.2) is 4.79 Å². The fraction of sp³-hybridized carbons (Fsp3) is 0.455. The van der Waals surface area contributed by atoms with E-state index in [-0.39, 0.29) is 0 Å².